The van der Waals surface area contributed by atoms with Gasteiger partial charge < -0.3 is 20.3 Å². The zero-order valence-corrected chi connectivity index (χ0v) is 15.1. The number of rotatable bonds is 6. The molecule has 0 spiro atoms. The lowest BCUT2D eigenvalue weighted by Gasteiger charge is -2.33. The van der Waals surface area contributed by atoms with Crippen LogP contribution in [0.2, 0.25) is 0 Å². The van der Waals surface area contributed by atoms with E-state index >= 15 is 0 Å². The molecular weight excluding hydrogens is 363 g/mol. The number of esters is 1. The molecule has 1 aromatic carbocycles. The third-order valence-electron chi connectivity index (χ3n) is 4.28. The lowest BCUT2D eigenvalue weighted by atomic mass is 9.89. The first-order valence-electron chi connectivity index (χ1n) is 8.50. The molecule has 2 rings (SSSR count). The van der Waals surface area contributed by atoms with Gasteiger partial charge in [-0.05, 0) is 31.5 Å². The number of alkyl halides is 3. The Morgan fingerprint density at radius 1 is 1.22 bits per heavy atom. The lowest BCUT2D eigenvalue weighted by Crippen LogP contribution is -2.51. The van der Waals surface area contributed by atoms with Gasteiger partial charge in [-0.25, -0.2) is 4.79 Å². The van der Waals surface area contributed by atoms with Gasteiger partial charge in [-0.3, -0.25) is 4.79 Å². The molecule has 0 aliphatic carbocycles. The summed E-state index contributed by atoms with van der Waals surface area (Å²) < 4.78 is 41.5. The molecule has 27 heavy (non-hydrogen) atoms. The number of hydrogen-bond acceptors (Lipinski definition) is 4. The summed E-state index contributed by atoms with van der Waals surface area (Å²) in [6, 6.07) is 5.65. The van der Waals surface area contributed by atoms with Gasteiger partial charge in [0.15, 0.2) is 6.61 Å². The Balaban J connectivity index is 2.25. The van der Waals surface area contributed by atoms with Crippen LogP contribution >= 0.6 is 0 Å². The van der Waals surface area contributed by atoms with E-state index in [-0.39, 0.29) is 5.70 Å². The largest absolute Gasteiger partial charge is 0.455 e. The van der Waals surface area contributed by atoms with Crippen molar-refractivity contribution in [3.05, 3.63) is 42.1 Å². The van der Waals surface area contributed by atoms with Crippen LogP contribution in [0.3, 0.4) is 0 Å². The second kappa shape index (κ2) is 8.32. The number of urea groups is 1. The van der Waals surface area contributed by atoms with Gasteiger partial charge in [0.1, 0.15) is 5.92 Å². The first kappa shape index (κ1) is 20.6. The van der Waals surface area contributed by atoms with E-state index in [4.69, 9.17) is 0 Å². The molecule has 2 N–H and O–H groups in total. The van der Waals surface area contributed by atoms with E-state index in [0.29, 0.717) is 5.56 Å². The van der Waals surface area contributed by atoms with Crippen molar-refractivity contribution >= 4 is 17.7 Å². The highest BCUT2D eigenvalue weighted by Gasteiger charge is 2.40. The molecule has 2 amide bonds. The van der Waals surface area contributed by atoms with Crippen LogP contribution in [0.25, 0.3) is 0 Å². The number of benzene rings is 1. The third kappa shape index (κ3) is 5.15. The van der Waals surface area contributed by atoms with Gasteiger partial charge in [0.05, 0.1) is 6.04 Å². The van der Waals surface area contributed by atoms with Crippen molar-refractivity contribution in [1.82, 2.24) is 10.6 Å². The number of hydrogen-bond donors (Lipinski definition) is 2. The van der Waals surface area contributed by atoms with Crippen LogP contribution in [0.15, 0.2) is 36.5 Å². The minimum Gasteiger partial charge on any atom is -0.455 e. The summed E-state index contributed by atoms with van der Waals surface area (Å²) in [5.74, 6) is -2.29. The minimum absolute atomic E-state index is 0.0104. The minimum atomic E-state index is -4.64. The van der Waals surface area contributed by atoms with Crippen molar-refractivity contribution < 1.29 is 27.5 Å². The van der Waals surface area contributed by atoms with Gasteiger partial charge in [-0.1, -0.05) is 18.7 Å². The number of ether oxygens (including phenoxy) is 1. The predicted molar refractivity (Wildman–Crippen MR) is 94.1 cm³/mol. The molecule has 6 nitrogen and oxygen atoms in total. The SMILES string of the molecule is C=C1NC(=O)NC(c2ccc(N(CC)CC)cc2)C1C(=O)OCC(F)(F)F. The van der Waals surface area contributed by atoms with Crippen molar-refractivity contribution in [2.24, 2.45) is 5.92 Å². The number of nitrogens with one attached hydrogen (secondary N) is 2. The molecule has 0 aromatic heterocycles. The predicted octanol–water partition coefficient (Wildman–Crippen LogP) is 3.12. The first-order chi connectivity index (χ1) is 12.7. The molecule has 1 aliphatic rings. The molecule has 2 unspecified atom stereocenters. The number of halogens is 3. The second-order valence-corrected chi connectivity index (χ2v) is 6.07. The summed E-state index contributed by atoms with van der Waals surface area (Å²) in [5, 5.41) is 4.88. The zero-order valence-electron chi connectivity index (χ0n) is 15.1. The Morgan fingerprint density at radius 2 is 1.81 bits per heavy atom. The van der Waals surface area contributed by atoms with Crippen LogP contribution in [0.5, 0.6) is 0 Å². The molecule has 1 saturated heterocycles. The summed E-state index contributed by atoms with van der Waals surface area (Å²) in [6.45, 7) is 7.55. The van der Waals surface area contributed by atoms with Crippen LogP contribution in [0.1, 0.15) is 25.5 Å². The maximum Gasteiger partial charge on any atom is 0.422 e. The van der Waals surface area contributed by atoms with Crippen molar-refractivity contribution in [1.29, 1.82) is 0 Å². The fraction of sp³-hybridized carbons (Fsp3) is 0.444. The Bertz CT molecular complexity index is 700. The Kier molecular flexibility index (Phi) is 6.35. The number of amides is 2. The molecule has 1 aromatic rings. The molecule has 1 heterocycles. The summed E-state index contributed by atoms with van der Waals surface area (Å²) in [4.78, 5) is 26.1. The number of carbonyl (C=O) groups is 2. The second-order valence-electron chi connectivity index (χ2n) is 6.07. The quantitative estimate of drug-likeness (QED) is 0.739. The average molecular weight is 385 g/mol. The van der Waals surface area contributed by atoms with Crippen LogP contribution in [0.4, 0.5) is 23.7 Å². The third-order valence-corrected chi connectivity index (χ3v) is 4.28. The number of carbonyl (C=O) groups excluding carboxylic acids is 2. The molecule has 2 atom stereocenters. The van der Waals surface area contributed by atoms with Gasteiger partial charge in [0.2, 0.25) is 0 Å². The maximum atomic E-state index is 12.4. The van der Waals surface area contributed by atoms with Gasteiger partial charge in [0, 0.05) is 24.5 Å². The van der Waals surface area contributed by atoms with Gasteiger partial charge >= 0.3 is 18.2 Å². The Labute approximate surface area is 155 Å². The molecule has 0 saturated carbocycles. The van der Waals surface area contributed by atoms with E-state index < -0.39 is 36.7 Å². The summed E-state index contributed by atoms with van der Waals surface area (Å²) in [5.41, 5.74) is 1.51. The lowest BCUT2D eigenvalue weighted by molar-refractivity contribution is -0.189. The van der Waals surface area contributed by atoms with E-state index in [2.05, 4.69) is 26.8 Å². The van der Waals surface area contributed by atoms with Gasteiger partial charge in [-0.15, -0.1) is 0 Å². The molecule has 9 heteroatoms. The highest BCUT2D eigenvalue weighted by Crippen LogP contribution is 2.32. The van der Waals surface area contributed by atoms with E-state index in [0.717, 1.165) is 18.8 Å². The van der Waals surface area contributed by atoms with E-state index in [9.17, 15) is 22.8 Å². The van der Waals surface area contributed by atoms with E-state index in [1.807, 2.05) is 26.0 Å². The monoisotopic (exact) mass is 385 g/mol. The molecule has 1 aliphatic heterocycles. The van der Waals surface area contributed by atoms with Crippen molar-refractivity contribution in [2.75, 3.05) is 24.6 Å². The van der Waals surface area contributed by atoms with Gasteiger partial charge in [-0.2, -0.15) is 13.2 Å². The summed E-state index contributed by atoms with van der Waals surface area (Å²) >= 11 is 0. The molecule has 148 valence electrons. The summed E-state index contributed by atoms with van der Waals surface area (Å²) in [6.07, 6.45) is -4.64. The van der Waals surface area contributed by atoms with Crippen LogP contribution < -0.4 is 15.5 Å². The molecule has 0 radical (unpaired) electrons. The Morgan fingerprint density at radius 3 is 2.33 bits per heavy atom. The Hall–Kier alpha value is -2.71. The first-order valence-corrected chi connectivity index (χ1v) is 8.50. The topological polar surface area (TPSA) is 70.7 Å². The maximum absolute atomic E-state index is 12.4. The van der Waals surface area contributed by atoms with Gasteiger partial charge in [0.25, 0.3) is 0 Å². The fourth-order valence-electron chi connectivity index (χ4n) is 2.96. The molecular formula is C18H22F3N3O3. The van der Waals surface area contributed by atoms with Crippen molar-refractivity contribution in [2.45, 2.75) is 26.1 Å². The normalized spacial score (nSPS) is 19.9. The van der Waals surface area contributed by atoms with E-state index in [1.165, 1.54) is 0 Å². The number of nitrogens with zero attached hydrogens (tertiary/aromatic N) is 1. The fourth-order valence-corrected chi connectivity index (χ4v) is 2.96. The van der Waals surface area contributed by atoms with Crippen molar-refractivity contribution in [3.8, 4) is 0 Å². The van der Waals surface area contributed by atoms with Crippen LogP contribution in [-0.4, -0.2) is 37.9 Å². The van der Waals surface area contributed by atoms with Crippen LogP contribution in [0, 0.1) is 5.92 Å². The van der Waals surface area contributed by atoms with Crippen molar-refractivity contribution in [3.63, 3.8) is 0 Å². The number of anilines is 1. The standard InChI is InChI=1S/C18H22F3N3O3/c1-4-24(5-2)13-8-6-12(7-9-13)15-14(11(3)22-17(26)23-15)16(25)27-10-18(19,20)21/h6-9,14-15H,3-5,10H2,1-2H3,(H2,22,23,26). The molecule has 1 fully saturated rings. The molecule has 0 bridgehead atoms. The average Bonchev–Trinajstić information content (AvgIpc) is 2.60. The van der Waals surface area contributed by atoms with E-state index in [1.54, 1.807) is 12.1 Å². The highest BCUT2D eigenvalue weighted by atomic mass is 19.4. The highest BCUT2D eigenvalue weighted by molar-refractivity contribution is 5.85. The summed E-state index contributed by atoms with van der Waals surface area (Å²) in [7, 11) is 0. The zero-order chi connectivity index (χ0) is 20.2. The smallest absolute Gasteiger partial charge is 0.422 e. The van der Waals surface area contributed by atoms with Crippen LogP contribution in [-0.2, 0) is 9.53 Å².